The van der Waals surface area contributed by atoms with Crippen LogP contribution in [0.3, 0.4) is 0 Å². The normalized spacial score (nSPS) is 16.6. The number of alkyl halides is 3. The van der Waals surface area contributed by atoms with Crippen molar-refractivity contribution in [3.63, 3.8) is 0 Å². The molecule has 0 spiro atoms. The molecule has 0 saturated heterocycles. The fourth-order valence-electron chi connectivity index (χ4n) is 3.33. The Kier molecular flexibility index (Phi) is 6.71. The van der Waals surface area contributed by atoms with E-state index in [-0.39, 0.29) is 23.6 Å². The molecule has 1 aromatic carbocycles. The Balaban J connectivity index is 2.01. The Morgan fingerprint density at radius 3 is 2.41 bits per heavy atom. The van der Waals surface area contributed by atoms with Crippen LogP contribution in [0.5, 0.6) is 5.75 Å². The van der Waals surface area contributed by atoms with Crippen LogP contribution < -0.4 is 4.74 Å². The van der Waals surface area contributed by atoms with Gasteiger partial charge in [-0.3, -0.25) is 4.79 Å². The van der Waals surface area contributed by atoms with Crippen molar-refractivity contribution in [3.05, 3.63) is 65.3 Å². The second-order valence-electron chi connectivity index (χ2n) is 7.02. The van der Waals surface area contributed by atoms with Gasteiger partial charge < -0.3 is 13.9 Å². The molecule has 0 N–H and O–H groups in total. The second-order valence-corrected chi connectivity index (χ2v) is 7.02. The van der Waals surface area contributed by atoms with Gasteiger partial charge in [-0.25, -0.2) is 4.79 Å². The van der Waals surface area contributed by atoms with Crippen molar-refractivity contribution in [2.24, 2.45) is 5.10 Å². The van der Waals surface area contributed by atoms with Crippen LogP contribution in [0.1, 0.15) is 49.2 Å². The Morgan fingerprint density at radius 2 is 1.84 bits per heavy atom. The topological polar surface area (TPSA) is 81.3 Å². The molecule has 1 aromatic heterocycles. The van der Waals surface area contributed by atoms with Crippen LogP contribution in [-0.2, 0) is 9.53 Å². The molecule has 2 heterocycles. The summed E-state index contributed by atoms with van der Waals surface area (Å²) in [6.07, 6.45) is -2.88. The number of hydrogen-bond donors (Lipinski definition) is 0. The molecule has 2 aromatic rings. The quantitative estimate of drug-likeness (QED) is 0.577. The fourth-order valence-corrected chi connectivity index (χ4v) is 3.33. The minimum atomic E-state index is -4.82. The predicted molar refractivity (Wildman–Crippen MR) is 108 cm³/mol. The number of furan rings is 1. The Bertz CT molecular complexity index is 1040. The molecule has 7 nitrogen and oxygen atoms in total. The van der Waals surface area contributed by atoms with E-state index in [0.29, 0.717) is 17.7 Å². The zero-order valence-electron chi connectivity index (χ0n) is 17.6. The van der Waals surface area contributed by atoms with Crippen LogP contribution in [0.4, 0.5) is 13.2 Å². The molecule has 3 rings (SSSR count). The monoisotopic (exact) mass is 450 g/mol. The van der Waals surface area contributed by atoms with E-state index in [1.165, 1.54) is 24.5 Å². The van der Waals surface area contributed by atoms with E-state index in [1.807, 2.05) is 6.92 Å². The third kappa shape index (κ3) is 5.01. The Hall–Kier alpha value is -3.56. The average molecular weight is 450 g/mol. The summed E-state index contributed by atoms with van der Waals surface area (Å²) in [7, 11) is 0. The largest absolute Gasteiger partial charge is 0.573 e. The van der Waals surface area contributed by atoms with Gasteiger partial charge >= 0.3 is 18.2 Å². The van der Waals surface area contributed by atoms with Gasteiger partial charge in [-0.15, -0.1) is 13.2 Å². The van der Waals surface area contributed by atoms with E-state index in [1.54, 1.807) is 19.9 Å². The first-order valence-electron chi connectivity index (χ1n) is 9.79. The number of halogens is 3. The minimum Gasteiger partial charge on any atom is -0.462 e. The van der Waals surface area contributed by atoms with Crippen LogP contribution in [0.2, 0.25) is 0 Å². The van der Waals surface area contributed by atoms with Gasteiger partial charge in [0.15, 0.2) is 5.76 Å². The summed E-state index contributed by atoms with van der Waals surface area (Å²) < 4.78 is 51.8. The smallest absolute Gasteiger partial charge is 0.462 e. The molecule has 0 fully saturated rings. The van der Waals surface area contributed by atoms with Gasteiger partial charge in [-0.2, -0.15) is 10.1 Å². The summed E-state index contributed by atoms with van der Waals surface area (Å²) in [5, 5.41) is 5.40. The van der Waals surface area contributed by atoms with Crippen molar-refractivity contribution >= 4 is 17.6 Å². The summed E-state index contributed by atoms with van der Waals surface area (Å²) in [5.41, 5.74) is 1.27. The van der Waals surface area contributed by atoms with E-state index < -0.39 is 29.9 Å². The molecule has 10 heteroatoms. The second kappa shape index (κ2) is 9.29. The molecule has 0 saturated carbocycles. The lowest BCUT2D eigenvalue weighted by Gasteiger charge is -2.31. The van der Waals surface area contributed by atoms with Gasteiger partial charge in [-0.1, -0.05) is 19.1 Å². The highest BCUT2D eigenvalue weighted by molar-refractivity contribution is 6.06. The van der Waals surface area contributed by atoms with Crippen LogP contribution in [0.25, 0.3) is 0 Å². The number of allylic oxidation sites excluding steroid dienone is 1. The molecule has 1 aliphatic rings. The number of benzene rings is 1. The molecular formula is C22H21F3N2O5. The first-order chi connectivity index (χ1) is 15.1. The molecule has 170 valence electrons. The molecule has 1 atom stereocenters. The van der Waals surface area contributed by atoms with Crippen LogP contribution in [-0.4, -0.2) is 35.6 Å². The third-order valence-corrected chi connectivity index (χ3v) is 4.70. The summed E-state index contributed by atoms with van der Waals surface area (Å²) >= 11 is 0. The number of hydrogen-bond acceptors (Lipinski definition) is 6. The molecule has 1 aliphatic heterocycles. The lowest BCUT2D eigenvalue weighted by molar-refractivity contribution is -0.274. The highest BCUT2D eigenvalue weighted by Gasteiger charge is 2.37. The van der Waals surface area contributed by atoms with Gasteiger partial charge in [0.25, 0.3) is 0 Å². The zero-order valence-corrected chi connectivity index (χ0v) is 17.6. The Morgan fingerprint density at radius 1 is 1.16 bits per heavy atom. The number of carbonyl (C=O) groups is 2. The summed E-state index contributed by atoms with van der Waals surface area (Å²) in [5.74, 6) is -2.29. The van der Waals surface area contributed by atoms with Crippen molar-refractivity contribution in [1.29, 1.82) is 0 Å². The van der Waals surface area contributed by atoms with Gasteiger partial charge in [-0.05, 0) is 50.1 Å². The summed E-state index contributed by atoms with van der Waals surface area (Å²) in [6, 6.07) is 8.16. The van der Waals surface area contributed by atoms with Gasteiger partial charge in [0.05, 0.1) is 30.1 Å². The van der Waals surface area contributed by atoms with E-state index in [0.717, 1.165) is 17.1 Å². The molecule has 32 heavy (non-hydrogen) atoms. The van der Waals surface area contributed by atoms with Crippen molar-refractivity contribution in [3.8, 4) is 5.75 Å². The number of hydrazone groups is 1. The van der Waals surface area contributed by atoms with Crippen molar-refractivity contribution in [2.45, 2.75) is 39.5 Å². The van der Waals surface area contributed by atoms with E-state index in [4.69, 9.17) is 9.15 Å². The number of ether oxygens (including phenoxy) is 2. The molecule has 1 unspecified atom stereocenters. The maximum atomic E-state index is 12.9. The lowest BCUT2D eigenvalue weighted by atomic mass is 9.85. The first kappa shape index (κ1) is 23.1. The third-order valence-electron chi connectivity index (χ3n) is 4.70. The van der Waals surface area contributed by atoms with E-state index in [2.05, 4.69) is 9.84 Å². The van der Waals surface area contributed by atoms with Crippen LogP contribution in [0, 0.1) is 0 Å². The number of amides is 1. The highest BCUT2D eigenvalue weighted by atomic mass is 19.4. The summed E-state index contributed by atoms with van der Waals surface area (Å²) in [6.45, 7) is 5.18. The van der Waals surface area contributed by atoms with E-state index >= 15 is 0 Å². The molecule has 1 amide bonds. The van der Waals surface area contributed by atoms with Gasteiger partial charge in [0, 0.05) is 5.71 Å². The standard InChI is InChI=1S/C22H21F3N2O5/c1-4-11-31-21(29)19-14(3)27(20(28)17-6-5-12-30-17)26-13(2)18(19)15-7-9-16(10-8-15)32-22(23,24)25/h5-10,12,18H,4,11H2,1-3H3. The number of nitrogens with zero attached hydrogens (tertiary/aromatic N) is 2. The van der Waals surface area contributed by atoms with Crippen molar-refractivity contribution in [1.82, 2.24) is 5.01 Å². The molecule has 0 bridgehead atoms. The van der Waals surface area contributed by atoms with Crippen LogP contribution in [0.15, 0.2) is 63.5 Å². The SMILES string of the molecule is CCCOC(=O)C1=C(C)N(C(=O)c2ccco2)N=C(C)C1c1ccc(OC(F)(F)F)cc1. The average Bonchev–Trinajstić information content (AvgIpc) is 3.27. The number of carbonyl (C=O) groups excluding carboxylic acids is 2. The van der Waals surface area contributed by atoms with Gasteiger partial charge in [0.1, 0.15) is 5.75 Å². The Labute approximate surface area is 182 Å². The highest BCUT2D eigenvalue weighted by Crippen LogP contribution is 2.36. The predicted octanol–water partition coefficient (Wildman–Crippen LogP) is 5.02. The molecule has 0 aliphatic carbocycles. The fraction of sp³-hybridized carbons (Fsp3) is 0.318. The van der Waals surface area contributed by atoms with Crippen molar-refractivity contribution < 1.29 is 36.7 Å². The molecular weight excluding hydrogens is 429 g/mol. The maximum Gasteiger partial charge on any atom is 0.573 e. The van der Waals surface area contributed by atoms with Gasteiger partial charge in [0.2, 0.25) is 0 Å². The lowest BCUT2D eigenvalue weighted by Crippen LogP contribution is -2.35. The van der Waals surface area contributed by atoms with Crippen LogP contribution >= 0.6 is 0 Å². The van der Waals surface area contributed by atoms with E-state index in [9.17, 15) is 22.8 Å². The number of esters is 1. The number of rotatable bonds is 6. The minimum absolute atomic E-state index is 0.0364. The molecule has 0 radical (unpaired) electrons. The first-order valence-corrected chi connectivity index (χ1v) is 9.79. The zero-order chi connectivity index (χ0) is 23.5. The van der Waals surface area contributed by atoms with Crippen molar-refractivity contribution in [2.75, 3.05) is 6.61 Å². The summed E-state index contributed by atoms with van der Waals surface area (Å²) in [4.78, 5) is 25.8. The maximum absolute atomic E-state index is 12.9.